The van der Waals surface area contributed by atoms with Crippen LogP contribution in [0.15, 0.2) is 86.2 Å². The molecule has 0 radical (unpaired) electrons. The number of benzene rings is 2. The number of carbonyl (C=O) groups is 1. The maximum Gasteiger partial charge on any atom is 0.272 e. The zero-order valence-corrected chi connectivity index (χ0v) is 21.1. The van der Waals surface area contributed by atoms with E-state index in [1.807, 2.05) is 34.9 Å². The van der Waals surface area contributed by atoms with Crippen LogP contribution in [0.2, 0.25) is 0 Å². The zero-order chi connectivity index (χ0) is 22.7. The molecule has 11 heteroatoms. The van der Waals surface area contributed by atoms with Crippen LogP contribution >= 0.6 is 43.2 Å². The summed E-state index contributed by atoms with van der Waals surface area (Å²) in [5.41, 5.74) is 1.98. The third-order valence-electron chi connectivity index (χ3n) is 4.48. The standard InChI is InChI=1S/C21H16Br2N4O3S2/c22-17-12-18(27(19(17)23)13-14-4-2-1-3-5-14)20(28)25-15-6-8-16(9-7-15)32(29,30)26-21-24-10-11-31-21/h1-12H,13H2,(H,24,26)(H,25,28). The number of anilines is 2. The summed E-state index contributed by atoms with van der Waals surface area (Å²) in [6.45, 7) is 0.509. The number of nitrogens with zero attached hydrogens (tertiary/aromatic N) is 2. The molecule has 0 bridgehead atoms. The minimum Gasteiger partial charge on any atom is -0.326 e. The van der Waals surface area contributed by atoms with Crippen molar-refractivity contribution in [2.45, 2.75) is 11.4 Å². The number of nitrogens with one attached hydrogen (secondary N) is 2. The Hall–Kier alpha value is -2.47. The minimum atomic E-state index is -3.76. The molecule has 0 unspecified atom stereocenters. The lowest BCUT2D eigenvalue weighted by molar-refractivity contribution is 0.101. The molecule has 0 aliphatic rings. The van der Waals surface area contributed by atoms with Gasteiger partial charge in [0.15, 0.2) is 5.13 Å². The van der Waals surface area contributed by atoms with Crippen LogP contribution in [0.4, 0.5) is 10.8 Å². The van der Waals surface area contributed by atoms with Gasteiger partial charge >= 0.3 is 0 Å². The molecule has 164 valence electrons. The van der Waals surface area contributed by atoms with Crippen LogP contribution in [-0.4, -0.2) is 23.9 Å². The van der Waals surface area contributed by atoms with Gasteiger partial charge in [0, 0.05) is 23.8 Å². The summed E-state index contributed by atoms with van der Waals surface area (Å²) < 4.78 is 30.7. The van der Waals surface area contributed by atoms with Gasteiger partial charge in [-0.1, -0.05) is 30.3 Å². The van der Waals surface area contributed by atoms with E-state index in [4.69, 9.17) is 0 Å². The lowest BCUT2D eigenvalue weighted by Crippen LogP contribution is -2.18. The van der Waals surface area contributed by atoms with Crippen molar-refractivity contribution in [2.24, 2.45) is 0 Å². The van der Waals surface area contributed by atoms with E-state index in [1.54, 1.807) is 23.6 Å². The minimum absolute atomic E-state index is 0.0728. The summed E-state index contributed by atoms with van der Waals surface area (Å²) in [5.74, 6) is -0.316. The van der Waals surface area contributed by atoms with Gasteiger partial charge in [0.2, 0.25) is 0 Å². The van der Waals surface area contributed by atoms with Crippen LogP contribution < -0.4 is 10.0 Å². The van der Waals surface area contributed by atoms with Gasteiger partial charge < -0.3 is 9.88 Å². The molecular formula is C21H16Br2N4O3S2. The zero-order valence-electron chi connectivity index (χ0n) is 16.3. The molecule has 2 N–H and O–H groups in total. The van der Waals surface area contributed by atoms with Crippen molar-refractivity contribution < 1.29 is 13.2 Å². The summed E-state index contributed by atoms with van der Waals surface area (Å²) in [7, 11) is -3.76. The van der Waals surface area contributed by atoms with Gasteiger partial charge in [-0.3, -0.25) is 9.52 Å². The van der Waals surface area contributed by atoms with Crippen molar-refractivity contribution in [3.63, 3.8) is 0 Å². The molecule has 2 heterocycles. The average Bonchev–Trinajstić information content (AvgIpc) is 3.38. The molecule has 1 amide bonds. The Morgan fingerprint density at radius 3 is 2.44 bits per heavy atom. The van der Waals surface area contributed by atoms with Crippen LogP contribution in [0.3, 0.4) is 0 Å². The highest BCUT2D eigenvalue weighted by molar-refractivity contribution is 9.13. The van der Waals surface area contributed by atoms with Crippen molar-refractivity contribution in [3.8, 4) is 0 Å². The van der Waals surface area contributed by atoms with Crippen molar-refractivity contribution in [3.05, 3.63) is 92.6 Å². The second-order valence-corrected chi connectivity index (χ2v) is 10.8. The fourth-order valence-corrected chi connectivity index (χ4v) is 5.61. The number of sulfonamides is 1. The lowest BCUT2D eigenvalue weighted by Gasteiger charge is -2.12. The number of halogens is 2. The second kappa shape index (κ2) is 9.57. The molecule has 0 spiro atoms. The summed E-state index contributed by atoms with van der Waals surface area (Å²) >= 11 is 8.18. The predicted molar refractivity (Wildman–Crippen MR) is 133 cm³/mol. The Morgan fingerprint density at radius 2 is 1.78 bits per heavy atom. The van der Waals surface area contributed by atoms with Gasteiger partial charge in [0.1, 0.15) is 5.69 Å². The van der Waals surface area contributed by atoms with E-state index in [0.717, 1.165) is 14.6 Å². The fourth-order valence-electron chi connectivity index (χ4n) is 2.96. The Bertz CT molecular complexity index is 1340. The first-order valence-electron chi connectivity index (χ1n) is 9.26. The van der Waals surface area contributed by atoms with Crippen molar-refractivity contribution in [1.29, 1.82) is 0 Å². The number of carbonyl (C=O) groups excluding carboxylic acids is 1. The SMILES string of the molecule is O=C(Nc1ccc(S(=O)(=O)Nc2nccs2)cc1)c1cc(Br)c(Br)n1Cc1ccccc1. The van der Waals surface area contributed by atoms with Gasteiger partial charge in [-0.2, -0.15) is 0 Å². The first-order chi connectivity index (χ1) is 15.3. The summed E-state index contributed by atoms with van der Waals surface area (Å²) in [6.07, 6.45) is 1.52. The molecule has 7 nitrogen and oxygen atoms in total. The van der Waals surface area contributed by atoms with Gasteiger partial charge in [0.05, 0.1) is 14.0 Å². The third kappa shape index (κ3) is 5.12. The van der Waals surface area contributed by atoms with E-state index in [9.17, 15) is 13.2 Å². The molecule has 0 aliphatic carbocycles. The highest BCUT2D eigenvalue weighted by Gasteiger charge is 2.19. The topological polar surface area (TPSA) is 93.1 Å². The molecule has 32 heavy (non-hydrogen) atoms. The van der Waals surface area contributed by atoms with E-state index in [2.05, 4.69) is 46.9 Å². The molecule has 2 aromatic heterocycles. The van der Waals surface area contributed by atoms with Crippen LogP contribution in [0.25, 0.3) is 0 Å². The van der Waals surface area contributed by atoms with Gasteiger partial charge in [-0.05, 0) is 67.8 Å². The Kier molecular flexibility index (Phi) is 6.79. The highest BCUT2D eigenvalue weighted by Crippen LogP contribution is 2.29. The average molecular weight is 596 g/mol. The molecule has 0 saturated carbocycles. The van der Waals surface area contributed by atoms with Crippen LogP contribution in [0, 0.1) is 0 Å². The van der Waals surface area contributed by atoms with Crippen molar-refractivity contribution in [1.82, 2.24) is 9.55 Å². The molecular weight excluding hydrogens is 580 g/mol. The number of aromatic nitrogens is 2. The molecule has 4 aromatic rings. The van der Waals surface area contributed by atoms with E-state index in [1.165, 1.54) is 29.7 Å². The van der Waals surface area contributed by atoms with Crippen LogP contribution in [0.5, 0.6) is 0 Å². The quantitative estimate of drug-likeness (QED) is 0.292. The Labute approximate surface area is 205 Å². The summed E-state index contributed by atoms with van der Waals surface area (Å²) in [4.78, 5) is 17.0. The van der Waals surface area contributed by atoms with Crippen molar-refractivity contribution in [2.75, 3.05) is 10.0 Å². The smallest absolute Gasteiger partial charge is 0.272 e. The van der Waals surface area contributed by atoms with Crippen LogP contribution in [-0.2, 0) is 16.6 Å². The maximum absolute atomic E-state index is 13.0. The number of thiazole rings is 1. The largest absolute Gasteiger partial charge is 0.326 e. The molecule has 0 aliphatic heterocycles. The maximum atomic E-state index is 13.0. The molecule has 2 aromatic carbocycles. The number of hydrogen-bond acceptors (Lipinski definition) is 5. The monoisotopic (exact) mass is 594 g/mol. The third-order valence-corrected chi connectivity index (χ3v) is 8.65. The number of hydrogen-bond donors (Lipinski definition) is 2. The Balaban J connectivity index is 1.52. The highest BCUT2D eigenvalue weighted by atomic mass is 79.9. The normalized spacial score (nSPS) is 11.3. The van der Waals surface area contributed by atoms with E-state index < -0.39 is 10.0 Å². The molecule has 4 rings (SSSR count). The molecule has 0 fully saturated rings. The lowest BCUT2D eigenvalue weighted by atomic mass is 10.2. The first-order valence-corrected chi connectivity index (χ1v) is 13.2. The second-order valence-electron chi connectivity index (χ2n) is 6.66. The molecule has 0 atom stereocenters. The number of rotatable bonds is 7. The summed E-state index contributed by atoms with van der Waals surface area (Å²) in [6, 6.07) is 17.5. The predicted octanol–water partition coefficient (Wildman–Crippen LogP) is 5.57. The van der Waals surface area contributed by atoms with Crippen LogP contribution in [0.1, 0.15) is 16.1 Å². The first kappa shape index (κ1) is 22.7. The van der Waals surface area contributed by atoms with Gasteiger partial charge in [0.25, 0.3) is 15.9 Å². The molecule has 0 saturated heterocycles. The van der Waals surface area contributed by atoms with Crippen molar-refractivity contribution >= 4 is 69.9 Å². The van der Waals surface area contributed by atoms with Gasteiger partial charge in [-0.15, -0.1) is 11.3 Å². The fraction of sp³-hybridized carbons (Fsp3) is 0.0476. The van der Waals surface area contributed by atoms with E-state index >= 15 is 0 Å². The van der Waals surface area contributed by atoms with Gasteiger partial charge in [-0.25, -0.2) is 13.4 Å². The van der Waals surface area contributed by atoms with E-state index in [-0.39, 0.29) is 15.9 Å². The van der Waals surface area contributed by atoms with E-state index in [0.29, 0.717) is 17.9 Å². The summed E-state index contributed by atoms with van der Waals surface area (Å²) in [5, 5.41) is 4.79. The number of amides is 1. The Morgan fingerprint density at radius 1 is 1.06 bits per heavy atom.